The molecule has 5 rings (SSSR count). The Morgan fingerprint density at radius 2 is 1.76 bits per heavy atom. The van der Waals surface area contributed by atoms with Crippen LogP contribution in [0.2, 0.25) is 0 Å². The fraction of sp³-hybridized carbons (Fsp3) is 0.353. The van der Waals surface area contributed by atoms with Crippen molar-refractivity contribution in [2.75, 3.05) is 17.7 Å². The van der Waals surface area contributed by atoms with Gasteiger partial charge in [0.25, 0.3) is 0 Å². The van der Waals surface area contributed by atoms with Crippen LogP contribution in [-0.2, 0) is 26.0 Å². The van der Waals surface area contributed by atoms with E-state index < -0.39 is 28.0 Å². The molecule has 0 radical (unpaired) electrons. The highest BCUT2D eigenvalue weighted by molar-refractivity contribution is 7.92. The minimum absolute atomic E-state index is 0.0514. The number of carbonyl (C=O) groups is 2. The normalized spacial score (nSPS) is 13.8. The van der Waals surface area contributed by atoms with Gasteiger partial charge in [-0.1, -0.05) is 30.7 Å². The van der Waals surface area contributed by atoms with Crippen LogP contribution in [0.15, 0.2) is 71.8 Å². The van der Waals surface area contributed by atoms with Crippen LogP contribution in [0.3, 0.4) is 0 Å². The van der Waals surface area contributed by atoms with Crippen molar-refractivity contribution in [2.24, 2.45) is 0 Å². The Balaban J connectivity index is 0.000000727. The number of amides is 1. The maximum absolute atomic E-state index is 13.9. The lowest BCUT2D eigenvalue weighted by Gasteiger charge is -2.26. The van der Waals surface area contributed by atoms with E-state index in [1.54, 1.807) is 42.6 Å². The number of carbonyl (C=O) groups excluding carboxylic acids is 1. The largest absolute Gasteiger partial charge is 0.490 e. The van der Waals surface area contributed by atoms with Crippen molar-refractivity contribution in [3.8, 4) is 11.5 Å². The molecule has 50 heavy (non-hydrogen) atoms. The van der Waals surface area contributed by atoms with Crippen LogP contribution < -0.4 is 25.8 Å². The minimum Gasteiger partial charge on any atom is -0.490 e. The van der Waals surface area contributed by atoms with Crippen molar-refractivity contribution in [3.63, 3.8) is 0 Å². The smallest absolute Gasteiger partial charge is 0.490 e. The molecule has 1 unspecified atom stereocenters. The third kappa shape index (κ3) is 9.31. The molecule has 1 aliphatic carbocycles. The Kier molecular flexibility index (Phi) is 12.1. The molecule has 0 spiro atoms. The van der Waals surface area contributed by atoms with Gasteiger partial charge >= 0.3 is 12.1 Å². The molecule has 12 nitrogen and oxygen atoms in total. The van der Waals surface area contributed by atoms with E-state index >= 15 is 0 Å². The highest BCUT2D eigenvalue weighted by Gasteiger charge is 2.38. The molecule has 0 saturated heterocycles. The number of nitrogens with zero attached hydrogens (tertiary/aromatic N) is 2. The summed E-state index contributed by atoms with van der Waals surface area (Å²) in [6.45, 7) is 6.22. The number of carboxylic acid groups (broad SMARTS) is 1. The average molecular weight is 718 g/mol. The van der Waals surface area contributed by atoms with Crippen LogP contribution in [0.4, 0.5) is 24.7 Å². The molecular weight excluding hydrogens is 679 g/mol. The molecule has 0 bridgehead atoms. The number of nitrogen functional groups attached to an aromatic ring is 1. The molecule has 0 aliphatic heterocycles. The zero-order chi connectivity index (χ0) is 36.6. The van der Waals surface area contributed by atoms with Gasteiger partial charge in [-0.3, -0.25) is 4.79 Å². The standard InChI is InChI=1S/C32H37N5O5S.C2HF3O2/c1-4-41-28-17-21(12-15-27(28)42-20(2)3)30(36-24-13-14-26-23(16-24)19-35-37-31(26)33)32(38)34-18-22-8-5-6-11-29(22)43(39,40)25-9-7-10-25;3-2(4,5)1(6)7/h5-6,8,11-17,19-20,25,30,36H,4,7,9-10,18H2,1-3H3,(H2,33,37)(H,34,38);(H,6,7). The van der Waals surface area contributed by atoms with Crippen LogP contribution >= 0.6 is 0 Å². The summed E-state index contributed by atoms with van der Waals surface area (Å²) in [5.74, 6) is -1.69. The number of hydrogen-bond donors (Lipinski definition) is 4. The molecule has 4 aromatic rings. The topological polar surface area (TPSA) is 183 Å². The van der Waals surface area contributed by atoms with Crippen LogP contribution in [0, 0.1) is 0 Å². The van der Waals surface area contributed by atoms with E-state index in [1.807, 2.05) is 45.0 Å². The number of ether oxygens (including phenoxy) is 2. The Labute approximate surface area is 287 Å². The first kappa shape index (κ1) is 37.7. The Morgan fingerprint density at radius 3 is 2.38 bits per heavy atom. The maximum atomic E-state index is 13.9. The molecule has 1 atom stereocenters. The second-order valence-corrected chi connectivity index (χ2v) is 13.8. The van der Waals surface area contributed by atoms with Crippen molar-refractivity contribution in [1.82, 2.24) is 15.5 Å². The number of sulfone groups is 1. The Morgan fingerprint density at radius 1 is 1.06 bits per heavy atom. The van der Waals surface area contributed by atoms with Gasteiger partial charge in [0.2, 0.25) is 5.91 Å². The fourth-order valence-corrected chi connectivity index (χ4v) is 7.15. The van der Waals surface area contributed by atoms with Gasteiger partial charge in [-0.25, -0.2) is 13.2 Å². The number of aliphatic carboxylic acids is 1. The monoisotopic (exact) mass is 717 g/mol. The summed E-state index contributed by atoms with van der Waals surface area (Å²) in [5.41, 5.74) is 7.83. The first-order valence-electron chi connectivity index (χ1n) is 15.7. The van der Waals surface area contributed by atoms with Gasteiger partial charge in [0.15, 0.2) is 27.2 Å². The highest BCUT2D eigenvalue weighted by atomic mass is 32.2. The molecule has 1 saturated carbocycles. The number of rotatable bonds is 12. The highest BCUT2D eigenvalue weighted by Crippen LogP contribution is 2.35. The molecule has 1 aromatic heterocycles. The van der Waals surface area contributed by atoms with Crippen LogP contribution in [0.1, 0.15) is 57.2 Å². The van der Waals surface area contributed by atoms with E-state index in [1.165, 1.54) is 0 Å². The second kappa shape index (κ2) is 16.1. The molecule has 1 amide bonds. The molecule has 5 N–H and O–H groups in total. The lowest BCUT2D eigenvalue weighted by Crippen LogP contribution is -2.34. The third-order valence-electron chi connectivity index (χ3n) is 7.69. The zero-order valence-electron chi connectivity index (χ0n) is 27.5. The predicted octanol–water partition coefficient (Wildman–Crippen LogP) is 5.83. The number of aromatic nitrogens is 2. The van der Waals surface area contributed by atoms with Gasteiger partial charge in [0.1, 0.15) is 6.04 Å². The average Bonchev–Trinajstić information content (AvgIpc) is 3.02. The molecule has 1 heterocycles. The maximum Gasteiger partial charge on any atom is 0.490 e. The van der Waals surface area contributed by atoms with Gasteiger partial charge in [-0.2, -0.15) is 18.3 Å². The number of carboxylic acids is 1. The summed E-state index contributed by atoms with van der Waals surface area (Å²) >= 11 is 0. The Bertz CT molecular complexity index is 1940. The number of nitrogens with one attached hydrogen (secondary N) is 2. The summed E-state index contributed by atoms with van der Waals surface area (Å²) in [7, 11) is -3.47. The number of hydrogen-bond acceptors (Lipinski definition) is 10. The Hall–Kier alpha value is -5.12. The molecular formula is C34H38F3N5O7S. The summed E-state index contributed by atoms with van der Waals surface area (Å²) in [4.78, 5) is 23.1. The second-order valence-electron chi connectivity index (χ2n) is 11.6. The van der Waals surface area contributed by atoms with E-state index in [-0.39, 0.29) is 28.7 Å². The predicted molar refractivity (Wildman–Crippen MR) is 180 cm³/mol. The zero-order valence-corrected chi connectivity index (χ0v) is 28.3. The summed E-state index contributed by atoms with van der Waals surface area (Å²) in [5, 5.41) is 22.4. The van der Waals surface area contributed by atoms with E-state index in [9.17, 15) is 26.4 Å². The van der Waals surface area contributed by atoms with Gasteiger partial charge in [-0.05, 0) is 81.1 Å². The number of halogens is 3. The lowest BCUT2D eigenvalue weighted by atomic mass is 10.00. The van der Waals surface area contributed by atoms with Crippen molar-refractivity contribution in [3.05, 3.63) is 78.0 Å². The van der Waals surface area contributed by atoms with Gasteiger partial charge in [0.05, 0.1) is 29.1 Å². The van der Waals surface area contributed by atoms with Crippen molar-refractivity contribution in [2.45, 2.75) is 75.0 Å². The van der Waals surface area contributed by atoms with E-state index in [0.717, 1.165) is 17.2 Å². The SMILES string of the molecule is CCOc1cc(C(Nc2ccc3c(N)nncc3c2)C(=O)NCc2ccccc2S(=O)(=O)C2CCC2)ccc1OC(C)C.O=C(O)C(F)(F)F. The summed E-state index contributed by atoms with van der Waals surface area (Å²) < 4.78 is 70.0. The summed E-state index contributed by atoms with van der Waals surface area (Å²) in [6.07, 6.45) is -1.30. The number of alkyl halides is 3. The fourth-order valence-electron chi connectivity index (χ4n) is 5.06. The van der Waals surface area contributed by atoms with Crippen molar-refractivity contribution in [1.29, 1.82) is 0 Å². The van der Waals surface area contributed by atoms with E-state index in [4.69, 9.17) is 25.1 Å². The quantitative estimate of drug-likeness (QED) is 0.138. The van der Waals surface area contributed by atoms with Crippen LogP contribution in [0.5, 0.6) is 11.5 Å². The number of anilines is 2. The molecule has 1 aliphatic rings. The van der Waals surface area contributed by atoms with Gasteiger partial charge < -0.3 is 30.9 Å². The number of benzene rings is 3. The first-order chi connectivity index (χ1) is 23.6. The van der Waals surface area contributed by atoms with Crippen LogP contribution in [-0.4, -0.2) is 59.7 Å². The van der Waals surface area contributed by atoms with Crippen LogP contribution in [0.25, 0.3) is 10.8 Å². The molecule has 16 heteroatoms. The minimum atomic E-state index is -5.08. The number of fused-ring (bicyclic) bond motifs is 1. The first-order valence-corrected chi connectivity index (χ1v) is 17.3. The molecule has 3 aromatic carbocycles. The molecule has 1 fully saturated rings. The van der Waals surface area contributed by atoms with E-state index in [0.29, 0.717) is 53.6 Å². The number of nitrogens with two attached hydrogens (primary N) is 1. The van der Waals surface area contributed by atoms with Crippen molar-refractivity contribution >= 4 is 44.0 Å². The third-order valence-corrected chi connectivity index (χ3v) is 10.1. The summed E-state index contributed by atoms with van der Waals surface area (Å²) in [6, 6.07) is 16.9. The molecule has 268 valence electrons. The van der Waals surface area contributed by atoms with Crippen molar-refractivity contribution < 1.29 is 45.8 Å². The van der Waals surface area contributed by atoms with Gasteiger partial charge in [0, 0.05) is 23.0 Å². The van der Waals surface area contributed by atoms with E-state index in [2.05, 4.69) is 20.8 Å². The van der Waals surface area contributed by atoms with Gasteiger partial charge in [-0.15, -0.1) is 5.10 Å². The lowest BCUT2D eigenvalue weighted by molar-refractivity contribution is -0.192.